The van der Waals surface area contributed by atoms with E-state index in [9.17, 15) is 9.90 Å². The Kier molecular flexibility index (Phi) is 5.89. The van der Waals surface area contributed by atoms with Crippen LogP contribution in [0.15, 0.2) is 53.6 Å². The summed E-state index contributed by atoms with van der Waals surface area (Å²) in [5.41, 5.74) is 5.94. The standard InChI is InChI=1S/C22H24N4O2/c1-4-26(5-2)18-11-10-17(21(27)13-18)14-23-25-22(28)19-12-16-8-6-7-9-20(16)24-15(19)3/h6-14,27H,4-5H2,1-3H3,(H,25,28)/b23-14+. The van der Waals surface area contributed by atoms with E-state index in [1.165, 1.54) is 6.21 Å². The SMILES string of the molecule is CCN(CC)c1ccc(/C=N/NC(=O)c2cc3ccccc3nc2C)c(O)c1. The lowest BCUT2D eigenvalue weighted by molar-refractivity contribution is 0.0954. The van der Waals surface area contributed by atoms with Gasteiger partial charge >= 0.3 is 0 Å². The summed E-state index contributed by atoms with van der Waals surface area (Å²) in [6, 6.07) is 14.9. The lowest BCUT2D eigenvalue weighted by atomic mass is 10.1. The topological polar surface area (TPSA) is 77.8 Å². The molecule has 6 nitrogen and oxygen atoms in total. The number of nitrogens with one attached hydrogen (secondary N) is 1. The molecule has 0 unspecified atom stereocenters. The second kappa shape index (κ2) is 8.52. The third-order valence-electron chi connectivity index (χ3n) is 4.67. The number of fused-ring (bicyclic) bond motifs is 1. The van der Waals surface area contributed by atoms with Crippen molar-refractivity contribution < 1.29 is 9.90 Å². The molecule has 0 saturated heterocycles. The Balaban J connectivity index is 1.74. The zero-order valence-corrected chi connectivity index (χ0v) is 16.3. The Morgan fingerprint density at radius 1 is 1.18 bits per heavy atom. The van der Waals surface area contributed by atoms with Crippen LogP contribution in [-0.2, 0) is 0 Å². The molecule has 28 heavy (non-hydrogen) atoms. The summed E-state index contributed by atoms with van der Waals surface area (Å²) in [7, 11) is 0. The number of aromatic hydroxyl groups is 1. The second-order valence-electron chi connectivity index (χ2n) is 6.43. The third-order valence-corrected chi connectivity index (χ3v) is 4.67. The summed E-state index contributed by atoms with van der Waals surface area (Å²) < 4.78 is 0. The van der Waals surface area contributed by atoms with Crippen LogP contribution in [0.3, 0.4) is 0 Å². The summed E-state index contributed by atoms with van der Waals surface area (Å²) in [6.07, 6.45) is 1.43. The largest absolute Gasteiger partial charge is 0.507 e. The smallest absolute Gasteiger partial charge is 0.273 e. The van der Waals surface area contributed by atoms with E-state index < -0.39 is 0 Å². The highest BCUT2D eigenvalue weighted by Crippen LogP contribution is 2.23. The van der Waals surface area contributed by atoms with Crippen LogP contribution in [0, 0.1) is 6.92 Å². The molecule has 1 aromatic heterocycles. The molecule has 0 aliphatic carbocycles. The fraction of sp³-hybridized carbons (Fsp3) is 0.227. The number of hydrogen-bond donors (Lipinski definition) is 2. The number of carbonyl (C=O) groups is 1. The highest BCUT2D eigenvalue weighted by molar-refractivity contribution is 5.99. The van der Waals surface area contributed by atoms with Gasteiger partial charge in [-0.25, -0.2) is 5.43 Å². The molecule has 2 N–H and O–H groups in total. The number of anilines is 1. The van der Waals surface area contributed by atoms with E-state index in [0.717, 1.165) is 29.7 Å². The maximum absolute atomic E-state index is 12.5. The number of benzene rings is 2. The molecular weight excluding hydrogens is 352 g/mol. The van der Waals surface area contributed by atoms with E-state index in [0.29, 0.717) is 16.8 Å². The van der Waals surface area contributed by atoms with Gasteiger partial charge in [-0.15, -0.1) is 0 Å². The first-order chi connectivity index (χ1) is 13.5. The van der Waals surface area contributed by atoms with Gasteiger partial charge < -0.3 is 10.0 Å². The van der Waals surface area contributed by atoms with Crippen LogP contribution in [0.25, 0.3) is 10.9 Å². The molecule has 6 heteroatoms. The molecule has 1 heterocycles. The number of aromatic nitrogens is 1. The van der Waals surface area contributed by atoms with Gasteiger partial charge in [-0.2, -0.15) is 5.10 Å². The van der Waals surface area contributed by atoms with E-state index >= 15 is 0 Å². The molecule has 2 aromatic carbocycles. The number of phenols is 1. The Labute approximate surface area is 164 Å². The highest BCUT2D eigenvalue weighted by Gasteiger charge is 2.11. The van der Waals surface area contributed by atoms with Crippen molar-refractivity contribution in [1.82, 2.24) is 10.4 Å². The predicted octanol–water partition coefficient (Wildman–Crippen LogP) is 3.86. The minimum Gasteiger partial charge on any atom is -0.507 e. The van der Waals surface area contributed by atoms with Crippen molar-refractivity contribution in [2.45, 2.75) is 20.8 Å². The van der Waals surface area contributed by atoms with Crippen molar-refractivity contribution in [3.05, 3.63) is 65.4 Å². The van der Waals surface area contributed by atoms with Gasteiger partial charge in [-0.05, 0) is 45.0 Å². The molecule has 0 aliphatic heterocycles. The number of rotatable bonds is 6. The van der Waals surface area contributed by atoms with Crippen LogP contribution in [0.5, 0.6) is 5.75 Å². The van der Waals surface area contributed by atoms with Crippen molar-refractivity contribution in [2.75, 3.05) is 18.0 Å². The molecule has 0 saturated carbocycles. The zero-order valence-electron chi connectivity index (χ0n) is 16.3. The number of pyridine rings is 1. The van der Waals surface area contributed by atoms with E-state index in [4.69, 9.17) is 0 Å². The van der Waals surface area contributed by atoms with E-state index in [1.54, 1.807) is 25.1 Å². The van der Waals surface area contributed by atoms with Gasteiger partial charge in [0.15, 0.2) is 0 Å². The average molecular weight is 376 g/mol. The molecule has 0 aliphatic rings. The van der Waals surface area contributed by atoms with Crippen molar-refractivity contribution >= 4 is 28.7 Å². The van der Waals surface area contributed by atoms with Crippen LogP contribution >= 0.6 is 0 Å². The highest BCUT2D eigenvalue weighted by atomic mass is 16.3. The maximum atomic E-state index is 12.5. The fourth-order valence-corrected chi connectivity index (χ4v) is 3.09. The van der Waals surface area contributed by atoms with Crippen molar-refractivity contribution in [3.8, 4) is 5.75 Å². The van der Waals surface area contributed by atoms with Crippen LogP contribution in [0.2, 0.25) is 0 Å². The number of hydrogen-bond acceptors (Lipinski definition) is 5. The van der Waals surface area contributed by atoms with E-state index in [-0.39, 0.29) is 11.7 Å². The minimum atomic E-state index is -0.341. The average Bonchev–Trinajstić information content (AvgIpc) is 2.69. The molecule has 0 spiro atoms. The van der Waals surface area contributed by atoms with Gasteiger partial charge in [0.25, 0.3) is 5.91 Å². The Morgan fingerprint density at radius 3 is 2.64 bits per heavy atom. The lowest BCUT2D eigenvalue weighted by Crippen LogP contribution is -2.21. The first-order valence-corrected chi connectivity index (χ1v) is 9.31. The van der Waals surface area contributed by atoms with Crippen molar-refractivity contribution in [2.24, 2.45) is 5.10 Å². The van der Waals surface area contributed by atoms with E-state index in [2.05, 4.69) is 34.3 Å². The molecule has 1 amide bonds. The Morgan fingerprint density at radius 2 is 1.93 bits per heavy atom. The van der Waals surface area contributed by atoms with Gasteiger partial charge in [-0.1, -0.05) is 18.2 Å². The first-order valence-electron chi connectivity index (χ1n) is 9.31. The molecule has 0 bridgehead atoms. The third kappa shape index (κ3) is 4.11. The van der Waals surface area contributed by atoms with Crippen molar-refractivity contribution in [3.63, 3.8) is 0 Å². The molecule has 0 atom stereocenters. The van der Waals surface area contributed by atoms with Crippen LogP contribution in [-0.4, -0.2) is 35.3 Å². The van der Waals surface area contributed by atoms with Gasteiger partial charge in [0.1, 0.15) is 5.75 Å². The predicted molar refractivity (Wildman–Crippen MR) is 113 cm³/mol. The van der Waals surface area contributed by atoms with Gasteiger partial charge in [0.2, 0.25) is 0 Å². The number of carbonyl (C=O) groups excluding carboxylic acids is 1. The summed E-state index contributed by atoms with van der Waals surface area (Å²) in [4.78, 5) is 19.1. The van der Waals surface area contributed by atoms with Crippen LogP contribution in [0.4, 0.5) is 5.69 Å². The van der Waals surface area contributed by atoms with Gasteiger partial charge in [-0.3, -0.25) is 9.78 Å². The number of aryl methyl sites for hydroxylation is 1. The summed E-state index contributed by atoms with van der Waals surface area (Å²) in [5.74, 6) is -0.225. The van der Waals surface area contributed by atoms with Gasteiger partial charge in [0, 0.05) is 35.8 Å². The fourth-order valence-electron chi connectivity index (χ4n) is 3.09. The van der Waals surface area contributed by atoms with Gasteiger partial charge in [0.05, 0.1) is 23.0 Å². The van der Waals surface area contributed by atoms with Crippen LogP contribution in [0.1, 0.15) is 35.5 Å². The maximum Gasteiger partial charge on any atom is 0.273 e. The zero-order chi connectivity index (χ0) is 20.1. The van der Waals surface area contributed by atoms with Crippen molar-refractivity contribution in [1.29, 1.82) is 0 Å². The minimum absolute atomic E-state index is 0.117. The molecule has 0 radical (unpaired) electrons. The Hall–Kier alpha value is -3.41. The number of amides is 1. The number of nitrogens with zero attached hydrogens (tertiary/aromatic N) is 3. The summed E-state index contributed by atoms with van der Waals surface area (Å²) >= 11 is 0. The monoisotopic (exact) mass is 376 g/mol. The molecular formula is C22H24N4O2. The molecule has 3 rings (SSSR count). The Bertz CT molecular complexity index is 1030. The lowest BCUT2D eigenvalue weighted by Gasteiger charge is -2.21. The quantitative estimate of drug-likeness (QED) is 0.506. The molecule has 3 aromatic rings. The summed E-state index contributed by atoms with van der Waals surface area (Å²) in [6.45, 7) is 7.64. The number of hydrazone groups is 1. The first kappa shape index (κ1) is 19.4. The molecule has 144 valence electrons. The number of para-hydroxylation sites is 1. The molecule has 0 fully saturated rings. The van der Waals surface area contributed by atoms with Crippen LogP contribution < -0.4 is 10.3 Å². The summed E-state index contributed by atoms with van der Waals surface area (Å²) in [5, 5.41) is 15.1. The number of phenolic OH excluding ortho intramolecular Hbond substituents is 1. The second-order valence-corrected chi connectivity index (χ2v) is 6.43. The van der Waals surface area contributed by atoms with E-state index in [1.807, 2.05) is 30.3 Å². The normalized spacial score (nSPS) is 11.1.